The van der Waals surface area contributed by atoms with Gasteiger partial charge in [-0.15, -0.1) is 11.3 Å². The van der Waals surface area contributed by atoms with Gasteiger partial charge in [-0.2, -0.15) is 5.26 Å². The number of fused-ring (bicyclic) bond motifs is 1. The van der Waals surface area contributed by atoms with Crippen molar-refractivity contribution in [2.24, 2.45) is 5.41 Å². The van der Waals surface area contributed by atoms with Gasteiger partial charge in [0.05, 0.1) is 16.1 Å². The minimum absolute atomic E-state index is 0.0419. The maximum atomic E-state index is 12.4. The number of Topliss-reactive ketones (excluding diaryl/α,β-unsaturated/α-hetero) is 1. The minimum Gasteiger partial charge on any atom is -0.507 e. The molecule has 1 aliphatic rings. The molecule has 1 aliphatic carbocycles. The molecule has 0 saturated carbocycles. The average Bonchev–Trinajstić information content (AvgIpc) is 2.88. The van der Waals surface area contributed by atoms with E-state index in [1.165, 1.54) is 17.4 Å². The molecule has 4 nitrogen and oxygen atoms in total. The predicted octanol–water partition coefficient (Wildman–Crippen LogP) is 3.54. The summed E-state index contributed by atoms with van der Waals surface area (Å²) in [6.07, 6.45) is 1.61. The molecule has 0 aliphatic heterocycles. The van der Waals surface area contributed by atoms with Gasteiger partial charge in [0.1, 0.15) is 16.8 Å². The second kappa shape index (κ2) is 4.68. The molecule has 1 heterocycles. The summed E-state index contributed by atoms with van der Waals surface area (Å²) in [6.45, 7) is 3.93. The largest absolute Gasteiger partial charge is 0.507 e. The molecule has 0 radical (unpaired) electrons. The van der Waals surface area contributed by atoms with Crippen molar-refractivity contribution in [2.45, 2.75) is 26.7 Å². The van der Waals surface area contributed by atoms with Crippen molar-refractivity contribution in [1.82, 2.24) is 4.98 Å². The Hall–Kier alpha value is -2.19. The minimum atomic E-state index is -0.330. The predicted molar refractivity (Wildman–Crippen MR) is 80.4 cm³/mol. The number of aryl methyl sites for hydroxylation is 1. The molecule has 1 N–H and O–H groups in total. The highest BCUT2D eigenvalue weighted by Crippen LogP contribution is 2.40. The van der Waals surface area contributed by atoms with E-state index in [1.54, 1.807) is 12.1 Å². The quantitative estimate of drug-likeness (QED) is 0.873. The molecule has 0 bridgehead atoms. The van der Waals surface area contributed by atoms with Crippen molar-refractivity contribution in [3.05, 3.63) is 34.3 Å². The Morgan fingerprint density at radius 3 is 2.90 bits per heavy atom. The summed E-state index contributed by atoms with van der Waals surface area (Å²) in [7, 11) is 0. The van der Waals surface area contributed by atoms with Crippen LogP contribution in [0.25, 0.3) is 10.6 Å². The van der Waals surface area contributed by atoms with Gasteiger partial charge < -0.3 is 5.11 Å². The van der Waals surface area contributed by atoms with Crippen LogP contribution in [-0.2, 0) is 6.42 Å². The monoisotopic (exact) mass is 298 g/mol. The number of carbonyl (C=O) groups excluding carboxylic acids is 1. The highest BCUT2D eigenvalue weighted by Gasteiger charge is 2.36. The van der Waals surface area contributed by atoms with Crippen LogP contribution in [0.2, 0.25) is 0 Å². The number of ketones is 1. The number of carbonyl (C=O) groups is 1. The van der Waals surface area contributed by atoms with Gasteiger partial charge in [0, 0.05) is 11.0 Å². The molecule has 3 rings (SSSR count). The molecular formula is C16H14N2O2S. The smallest absolute Gasteiger partial charge is 0.180 e. The SMILES string of the molecule is CC1(C)CCc2nc(-c3ccc(O)c(C#N)c3)sc2C1=O. The molecule has 1 aromatic carbocycles. The van der Waals surface area contributed by atoms with Crippen molar-refractivity contribution in [3.8, 4) is 22.4 Å². The molecule has 0 unspecified atom stereocenters. The van der Waals surface area contributed by atoms with Crippen molar-refractivity contribution in [1.29, 1.82) is 5.26 Å². The zero-order chi connectivity index (χ0) is 15.2. The van der Waals surface area contributed by atoms with E-state index in [4.69, 9.17) is 5.26 Å². The summed E-state index contributed by atoms with van der Waals surface area (Å²) in [4.78, 5) is 17.7. The van der Waals surface area contributed by atoms with Gasteiger partial charge in [-0.1, -0.05) is 13.8 Å². The van der Waals surface area contributed by atoms with Crippen LogP contribution in [0.1, 0.15) is 41.2 Å². The van der Waals surface area contributed by atoms with Gasteiger partial charge in [0.15, 0.2) is 5.78 Å². The van der Waals surface area contributed by atoms with Crippen molar-refractivity contribution in [2.75, 3.05) is 0 Å². The van der Waals surface area contributed by atoms with Crippen LogP contribution in [-0.4, -0.2) is 15.9 Å². The molecule has 2 aromatic rings. The van der Waals surface area contributed by atoms with Crippen LogP contribution in [0.4, 0.5) is 0 Å². The second-order valence-corrected chi connectivity index (χ2v) is 6.85. The van der Waals surface area contributed by atoms with Crippen LogP contribution < -0.4 is 0 Å². The van der Waals surface area contributed by atoms with E-state index in [9.17, 15) is 9.90 Å². The third-order valence-electron chi connectivity index (χ3n) is 3.87. The number of benzene rings is 1. The Kier molecular flexibility index (Phi) is 3.07. The number of phenols is 1. The normalized spacial score (nSPS) is 16.3. The molecule has 1 aromatic heterocycles. The molecule has 21 heavy (non-hydrogen) atoms. The summed E-state index contributed by atoms with van der Waals surface area (Å²) in [5.74, 6) is 0.103. The number of nitriles is 1. The highest BCUT2D eigenvalue weighted by atomic mass is 32.1. The number of thiazole rings is 1. The molecule has 5 heteroatoms. The van der Waals surface area contributed by atoms with E-state index in [0.29, 0.717) is 0 Å². The maximum Gasteiger partial charge on any atom is 0.180 e. The number of nitrogens with zero attached hydrogens (tertiary/aromatic N) is 2. The van der Waals surface area contributed by atoms with E-state index in [2.05, 4.69) is 4.98 Å². The lowest BCUT2D eigenvalue weighted by Crippen LogP contribution is -2.29. The van der Waals surface area contributed by atoms with Crippen LogP contribution in [0, 0.1) is 16.7 Å². The zero-order valence-electron chi connectivity index (χ0n) is 11.8. The Morgan fingerprint density at radius 2 is 2.19 bits per heavy atom. The number of phenolic OH excluding ortho intramolecular Hbond substituents is 1. The standard InChI is InChI=1S/C16H14N2O2S/c1-16(2)6-5-11-13(14(16)20)21-15(18-11)9-3-4-12(19)10(7-9)8-17/h3-4,7,19H,5-6H2,1-2H3. The third-order valence-corrected chi connectivity index (χ3v) is 5.01. The first kappa shape index (κ1) is 13.8. The maximum absolute atomic E-state index is 12.4. The molecule has 0 amide bonds. The van der Waals surface area contributed by atoms with Crippen LogP contribution in [0.15, 0.2) is 18.2 Å². The number of rotatable bonds is 1. The highest BCUT2D eigenvalue weighted by molar-refractivity contribution is 7.17. The van der Waals surface area contributed by atoms with Gasteiger partial charge in [0.25, 0.3) is 0 Å². The van der Waals surface area contributed by atoms with Crippen LogP contribution in [0.5, 0.6) is 5.75 Å². The fourth-order valence-electron chi connectivity index (χ4n) is 2.43. The van der Waals surface area contributed by atoms with Crippen molar-refractivity contribution < 1.29 is 9.90 Å². The topological polar surface area (TPSA) is 74.0 Å². The molecule has 0 saturated heterocycles. The number of aromatic hydroxyl groups is 1. The molecule has 0 atom stereocenters. The summed E-state index contributed by atoms with van der Waals surface area (Å²) in [5.41, 5.74) is 1.50. The Bertz CT molecular complexity index is 784. The lowest BCUT2D eigenvalue weighted by atomic mass is 9.78. The van der Waals surface area contributed by atoms with Crippen LogP contribution >= 0.6 is 11.3 Å². The lowest BCUT2D eigenvalue weighted by molar-refractivity contribution is 0.0815. The number of hydrogen-bond acceptors (Lipinski definition) is 5. The third kappa shape index (κ3) is 2.22. The Labute approximate surface area is 126 Å². The van der Waals surface area contributed by atoms with Crippen molar-refractivity contribution in [3.63, 3.8) is 0 Å². The van der Waals surface area contributed by atoms with Crippen LogP contribution in [0.3, 0.4) is 0 Å². The first-order valence-electron chi connectivity index (χ1n) is 6.70. The molecule has 0 spiro atoms. The van der Waals surface area contributed by atoms with E-state index >= 15 is 0 Å². The summed E-state index contributed by atoms with van der Waals surface area (Å²) in [6, 6.07) is 6.76. The second-order valence-electron chi connectivity index (χ2n) is 5.85. The van der Waals surface area contributed by atoms with Gasteiger partial charge in [0.2, 0.25) is 0 Å². The summed E-state index contributed by atoms with van der Waals surface area (Å²) in [5, 5.41) is 19.3. The molecule has 0 fully saturated rings. The Morgan fingerprint density at radius 1 is 1.43 bits per heavy atom. The fraction of sp³-hybridized carbons (Fsp3) is 0.312. The van der Waals surface area contributed by atoms with Gasteiger partial charge in [-0.25, -0.2) is 4.98 Å². The van der Waals surface area contributed by atoms with E-state index < -0.39 is 0 Å². The number of aromatic nitrogens is 1. The first-order chi connectivity index (χ1) is 9.92. The van der Waals surface area contributed by atoms with E-state index in [-0.39, 0.29) is 22.5 Å². The number of hydrogen-bond donors (Lipinski definition) is 1. The van der Waals surface area contributed by atoms with Crippen molar-refractivity contribution >= 4 is 17.1 Å². The summed E-state index contributed by atoms with van der Waals surface area (Å²) < 4.78 is 0. The molecular weight excluding hydrogens is 284 g/mol. The molecule has 106 valence electrons. The van der Waals surface area contributed by atoms with Gasteiger partial charge in [-0.3, -0.25) is 4.79 Å². The van der Waals surface area contributed by atoms with E-state index in [1.807, 2.05) is 19.9 Å². The Balaban J connectivity index is 2.07. The zero-order valence-corrected chi connectivity index (χ0v) is 12.6. The van der Waals surface area contributed by atoms with Gasteiger partial charge >= 0.3 is 0 Å². The summed E-state index contributed by atoms with van der Waals surface area (Å²) >= 11 is 1.37. The average molecular weight is 298 g/mol. The van der Waals surface area contributed by atoms with E-state index in [0.717, 1.165) is 34.0 Å². The fourth-order valence-corrected chi connectivity index (χ4v) is 3.66. The lowest BCUT2D eigenvalue weighted by Gasteiger charge is -2.26. The first-order valence-corrected chi connectivity index (χ1v) is 7.52. The van der Waals surface area contributed by atoms with Gasteiger partial charge in [-0.05, 0) is 31.0 Å².